The van der Waals surface area contributed by atoms with Crippen LogP contribution in [0.3, 0.4) is 0 Å². The highest BCUT2D eigenvalue weighted by Gasteiger charge is 2.17. The van der Waals surface area contributed by atoms with Gasteiger partial charge in [-0.15, -0.1) is 0 Å². The molecule has 122 valence electrons. The Morgan fingerprint density at radius 2 is 2.09 bits per heavy atom. The Balaban J connectivity index is 2.27. The lowest BCUT2D eigenvalue weighted by Crippen LogP contribution is -2.09. The molecule has 0 aliphatic heterocycles. The first-order chi connectivity index (χ1) is 11.0. The standard InChI is InChI=1S/C17H20N2O4/c1-11-15(5-4-6-16(11)19(21)22)12(2)18-14-7-8-17(23-3)13(9-14)10-20/h4-9,12,18,20H,10H2,1-3H3. The summed E-state index contributed by atoms with van der Waals surface area (Å²) in [6, 6.07) is 10.4. The highest BCUT2D eigenvalue weighted by Crippen LogP contribution is 2.29. The molecule has 0 fully saturated rings. The van der Waals surface area contributed by atoms with Crippen molar-refractivity contribution in [2.24, 2.45) is 0 Å². The minimum Gasteiger partial charge on any atom is -0.496 e. The van der Waals surface area contributed by atoms with E-state index in [-0.39, 0.29) is 23.3 Å². The van der Waals surface area contributed by atoms with Gasteiger partial charge in [-0.2, -0.15) is 0 Å². The second-order valence-electron chi connectivity index (χ2n) is 5.30. The lowest BCUT2D eigenvalue weighted by molar-refractivity contribution is -0.385. The summed E-state index contributed by atoms with van der Waals surface area (Å²) in [4.78, 5) is 10.7. The van der Waals surface area contributed by atoms with Crippen LogP contribution in [0.4, 0.5) is 11.4 Å². The third-order valence-electron chi connectivity index (χ3n) is 3.84. The number of aliphatic hydroxyl groups is 1. The molecule has 0 radical (unpaired) electrons. The number of nitrogens with zero attached hydrogens (tertiary/aromatic N) is 1. The number of nitro benzene ring substituents is 1. The number of anilines is 1. The lowest BCUT2D eigenvalue weighted by atomic mass is 10.0. The molecule has 0 amide bonds. The number of rotatable bonds is 6. The zero-order chi connectivity index (χ0) is 17.0. The van der Waals surface area contributed by atoms with Crippen molar-refractivity contribution in [3.8, 4) is 5.75 Å². The van der Waals surface area contributed by atoms with Gasteiger partial charge >= 0.3 is 0 Å². The van der Waals surface area contributed by atoms with Crippen LogP contribution in [0, 0.1) is 17.0 Å². The molecule has 0 aliphatic rings. The summed E-state index contributed by atoms with van der Waals surface area (Å²) in [7, 11) is 1.55. The van der Waals surface area contributed by atoms with Crippen molar-refractivity contribution < 1.29 is 14.8 Å². The Morgan fingerprint density at radius 1 is 1.35 bits per heavy atom. The van der Waals surface area contributed by atoms with Gasteiger partial charge in [-0.25, -0.2) is 0 Å². The van der Waals surface area contributed by atoms with E-state index in [1.54, 1.807) is 26.2 Å². The van der Waals surface area contributed by atoms with Gasteiger partial charge in [-0.1, -0.05) is 12.1 Å². The molecule has 2 aromatic rings. The average Bonchev–Trinajstić information content (AvgIpc) is 2.54. The quantitative estimate of drug-likeness (QED) is 0.628. The molecule has 2 aromatic carbocycles. The number of hydrogen-bond acceptors (Lipinski definition) is 5. The van der Waals surface area contributed by atoms with Crippen LogP contribution in [-0.4, -0.2) is 17.1 Å². The number of nitrogens with one attached hydrogen (secondary N) is 1. The number of aliphatic hydroxyl groups excluding tert-OH is 1. The third-order valence-corrected chi connectivity index (χ3v) is 3.84. The maximum atomic E-state index is 11.1. The summed E-state index contributed by atoms with van der Waals surface area (Å²) in [6.07, 6.45) is 0. The second-order valence-corrected chi connectivity index (χ2v) is 5.30. The zero-order valence-corrected chi connectivity index (χ0v) is 13.4. The summed E-state index contributed by atoms with van der Waals surface area (Å²) in [5, 5.41) is 23.7. The minimum absolute atomic E-state index is 0.113. The fourth-order valence-electron chi connectivity index (χ4n) is 2.63. The van der Waals surface area contributed by atoms with Crippen molar-refractivity contribution in [2.45, 2.75) is 26.5 Å². The molecule has 2 N–H and O–H groups in total. The second kappa shape index (κ2) is 7.11. The molecule has 2 rings (SSSR count). The maximum Gasteiger partial charge on any atom is 0.272 e. The molecule has 0 saturated carbocycles. The lowest BCUT2D eigenvalue weighted by Gasteiger charge is -2.19. The molecule has 6 nitrogen and oxygen atoms in total. The van der Waals surface area contributed by atoms with Crippen molar-refractivity contribution in [2.75, 3.05) is 12.4 Å². The minimum atomic E-state index is -0.372. The maximum absolute atomic E-state index is 11.1. The highest BCUT2D eigenvalue weighted by molar-refractivity contribution is 5.54. The van der Waals surface area contributed by atoms with Gasteiger partial charge in [0.1, 0.15) is 5.75 Å². The molecule has 1 atom stereocenters. The van der Waals surface area contributed by atoms with Crippen molar-refractivity contribution in [3.05, 3.63) is 63.2 Å². The van der Waals surface area contributed by atoms with E-state index in [2.05, 4.69) is 5.32 Å². The number of methoxy groups -OCH3 is 1. The first-order valence-corrected chi connectivity index (χ1v) is 7.26. The van der Waals surface area contributed by atoms with Crippen LogP contribution in [-0.2, 0) is 6.61 Å². The van der Waals surface area contributed by atoms with Crippen LogP contribution in [0.25, 0.3) is 0 Å². The molecule has 0 spiro atoms. The fourth-order valence-corrected chi connectivity index (χ4v) is 2.63. The van der Waals surface area contributed by atoms with Crippen molar-refractivity contribution in [3.63, 3.8) is 0 Å². The summed E-state index contributed by atoms with van der Waals surface area (Å²) >= 11 is 0. The largest absolute Gasteiger partial charge is 0.496 e. The predicted molar refractivity (Wildman–Crippen MR) is 88.8 cm³/mol. The normalized spacial score (nSPS) is 11.8. The van der Waals surface area contributed by atoms with Gasteiger partial charge in [-0.05, 0) is 37.6 Å². The fraction of sp³-hybridized carbons (Fsp3) is 0.294. The van der Waals surface area contributed by atoms with Gasteiger partial charge in [-0.3, -0.25) is 10.1 Å². The van der Waals surface area contributed by atoms with Gasteiger partial charge in [0.25, 0.3) is 5.69 Å². The van der Waals surface area contributed by atoms with Crippen molar-refractivity contribution in [1.29, 1.82) is 0 Å². The van der Waals surface area contributed by atoms with E-state index in [0.717, 1.165) is 11.3 Å². The van der Waals surface area contributed by atoms with Crippen LogP contribution in [0.2, 0.25) is 0 Å². The molecule has 1 unspecified atom stereocenters. The van der Waals surface area contributed by atoms with Gasteiger partial charge in [0.2, 0.25) is 0 Å². The van der Waals surface area contributed by atoms with Crippen LogP contribution >= 0.6 is 0 Å². The third kappa shape index (κ3) is 3.60. The molecule has 6 heteroatoms. The average molecular weight is 316 g/mol. The van der Waals surface area contributed by atoms with E-state index >= 15 is 0 Å². The highest BCUT2D eigenvalue weighted by atomic mass is 16.6. The Bertz CT molecular complexity index is 716. The van der Waals surface area contributed by atoms with Crippen LogP contribution in [0.5, 0.6) is 5.75 Å². The first kappa shape index (κ1) is 16.8. The number of hydrogen-bond donors (Lipinski definition) is 2. The number of benzene rings is 2. The van der Waals surface area contributed by atoms with Crippen molar-refractivity contribution >= 4 is 11.4 Å². The van der Waals surface area contributed by atoms with Gasteiger partial charge in [0, 0.05) is 28.9 Å². The van der Waals surface area contributed by atoms with E-state index in [4.69, 9.17) is 4.74 Å². The summed E-state index contributed by atoms with van der Waals surface area (Å²) in [5.41, 5.74) is 3.12. The van der Waals surface area contributed by atoms with Gasteiger partial charge in [0.15, 0.2) is 0 Å². The van der Waals surface area contributed by atoms with Crippen LogP contribution < -0.4 is 10.1 Å². The molecule has 0 aromatic heterocycles. The first-order valence-electron chi connectivity index (χ1n) is 7.26. The number of ether oxygens (including phenoxy) is 1. The van der Waals surface area contributed by atoms with E-state index in [1.807, 2.05) is 25.1 Å². The topological polar surface area (TPSA) is 84.6 Å². The molecular formula is C17H20N2O4. The van der Waals surface area contributed by atoms with Crippen LogP contribution in [0.1, 0.15) is 29.7 Å². The Morgan fingerprint density at radius 3 is 2.70 bits per heavy atom. The summed E-state index contributed by atoms with van der Waals surface area (Å²) in [6.45, 7) is 3.57. The molecule has 0 heterocycles. The van der Waals surface area contributed by atoms with E-state index < -0.39 is 0 Å². The molecule has 23 heavy (non-hydrogen) atoms. The summed E-state index contributed by atoms with van der Waals surface area (Å²) in [5.74, 6) is 0.622. The number of nitro groups is 1. The predicted octanol–water partition coefficient (Wildman–Crippen LogP) is 3.58. The van der Waals surface area contributed by atoms with Gasteiger partial charge < -0.3 is 15.2 Å². The Labute approximate surface area is 134 Å². The Kier molecular flexibility index (Phi) is 5.18. The van der Waals surface area contributed by atoms with Crippen molar-refractivity contribution in [1.82, 2.24) is 0 Å². The van der Waals surface area contributed by atoms with Gasteiger partial charge in [0.05, 0.1) is 18.6 Å². The summed E-state index contributed by atoms with van der Waals surface area (Å²) < 4.78 is 5.18. The van der Waals surface area contributed by atoms with Crippen LogP contribution in [0.15, 0.2) is 36.4 Å². The smallest absolute Gasteiger partial charge is 0.272 e. The zero-order valence-electron chi connectivity index (χ0n) is 13.4. The van der Waals surface area contributed by atoms with E-state index in [9.17, 15) is 15.2 Å². The SMILES string of the molecule is COc1ccc(NC(C)c2cccc([N+](=O)[O-])c2C)cc1CO. The molecule has 0 aliphatic carbocycles. The Hall–Kier alpha value is -2.60. The molecule has 0 saturated heterocycles. The molecular weight excluding hydrogens is 296 g/mol. The van der Waals surface area contributed by atoms with E-state index in [0.29, 0.717) is 16.9 Å². The van der Waals surface area contributed by atoms with E-state index in [1.165, 1.54) is 6.07 Å². The monoisotopic (exact) mass is 316 g/mol. The molecule has 0 bridgehead atoms.